The summed E-state index contributed by atoms with van der Waals surface area (Å²) in [5.41, 5.74) is 1.12. The van der Waals surface area contributed by atoms with Crippen LogP contribution in [0, 0.1) is 5.92 Å². The van der Waals surface area contributed by atoms with Gasteiger partial charge in [-0.3, -0.25) is 0 Å². The standard InChI is InChI=1S/C18H24O5S/c1-3-9-22-17(20)16-11-15(13-7-10-24-12-13)14(6-5-8-19)18(23-16)21-4-2/h3,7,10-12,14-15,18-19H,1,4-6,8-9H2,2H3/t14-,15+,18+/m1/s1. The van der Waals surface area contributed by atoms with Crippen LogP contribution in [0.15, 0.2) is 41.3 Å². The van der Waals surface area contributed by atoms with Crippen LogP contribution in [-0.2, 0) is 19.0 Å². The fraction of sp³-hybridized carbons (Fsp3) is 0.500. The Morgan fingerprint density at radius 1 is 1.54 bits per heavy atom. The third kappa shape index (κ3) is 4.69. The van der Waals surface area contributed by atoms with Crippen LogP contribution in [0.2, 0.25) is 0 Å². The van der Waals surface area contributed by atoms with Gasteiger partial charge in [0.05, 0.1) is 0 Å². The van der Waals surface area contributed by atoms with Gasteiger partial charge in [-0.1, -0.05) is 12.7 Å². The number of ether oxygens (including phenoxy) is 3. The van der Waals surface area contributed by atoms with Gasteiger partial charge in [0.15, 0.2) is 0 Å². The van der Waals surface area contributed by atoms with Crippen LogP contribution in [0.3, 0.4) is 0 Å². The second kappa shape index (κ2) is 9.61. The summed E-state index contributed by atoms with van der Waals surface area (Å²) in [7, 11) is 0. The van der Waals surface area contributed by atoms with E-state index in [0.29, 0.717) is 13.0 Å². The highest BCUT2D eigenvalue weighted by atomic mass is 32.1. The van der Waals surface area contributed by atoms with Gasteiger partial charge in [-0.15, -0.1) is 0 Å². The molecule has 1 aromatic heterocycles. The van der Waals surface area contributed by atoms with Crippen LogP contribution < -0.4 is 0 Å². The maximum atomic E-state index is 12.2. The van der Waals surface area contributed by atoms with E-state index in [2.05, 4.69) is 12.0 Å². The lowest BCUT2D eigenvalue weighted by Crippen LogP contribution is -2.36. The maximum Gasteiger partial charge on any atom is 0.373 e. The first kappa shape index (κ1) is 18.7. The summed E-state index contributed by atoms with van der Waals surface area (Å²) >= 11 is 1.61. The minimum absolute atomic E-state index is 0.0145. The number of carbonyl (C=O) groups is 1. The van der Waals surface area contributed by atoms with Gasteiger partial charge in [-0.05, 0) is 48.2 Å². The van der Waals surface area contributed by atoms with Gasteiger partial charge in [0.1, 0.15) is 6.61 Å². The first-order valence-electron chi connectivity index (χ1n) is 8.12. The van der Waals surface area contributed by atoms with E-state index in [1.165, 1.54) is 6.08 Å². The van der Waals surface area contributed by atoms with Gasteiger partial charge >= 0.3 is 5.97 Å². The van der Waals surface area contributed by atoms with Crippen molar-refractivity contribution in [1.82, 2.24) is 0 Å². The molecule has 0 spiro atoms. The molecule has 1 N–H and O–H groups in total. The molecule has 0 aromatic carbocycles. The molecule has 1 aliphatic rings. The van der Waals surface area contributed by atoms with E-state index < -0.39 is 12.3 Å². The Balaban J connectivity index is 2.29. The van der Waals surface area contributed by atoms with Crippen LogP contribution in [0.1, 0.15) is 31.2 Å². The summed E-state index contributed by atoms with van der Waals surface area (Å²) in [6.07, 6.45) is 4.19. The molecule has 0 aliphatic carbocycles. The Bertz CT molecular complexity index is 552. The molecule has 0 unspecified atom stereocenters. The monoisotopic (exact) mass is 352 g/mol. The van der Waals surface area contributed by atoms with E-state index in [9.17, 15) is 9.90 Å². The van der Waals surface area contributed by atoms with Crippen molar-refractivity contribution in [3.05, 3.63) is 46.9 Å². The zero-order valence-electron chi connectivity index (χ0n) is 13.8. The molecular formula is C18H24O5S. The van der Waals surface area contributed by atoms with Gasteiger partial charge in [-0.2, -0.15) is 11.3 Å². The predicted molar refractivity (Wildman–Crippen MR) is 92.6 cm³/mol. The molecule has 0 saturated carbocycles. The summed E-state index contributed by atoms with van der Waals surface area (Å²) in [6, 6.07) is 2.04. The molecule has 2 rings (SSSR count). The summed E-state index contributed by atoms with van der Waals surface area (Å²) in [5, 5.41) is 13.3. The van der Waals surface area contributed by atoms with Gasteiger partial charge in [-0.25, -0.2) is 4.79 Å². The molecule has 0 radical (unpaired) electrons. The number of allylic oxidation sites excluding steroid dienone is 1. The van der Waals surface area contributed by atoms with E-state index in [1.807, 2.05) is 24.4 Å². The lowest BCUT2D eigenvalue weighted by molar-refractivity contribution is -0.175. The second-order valence-electron chi connectivity index (χ2n) is 5.47. The third-order valence-corrected chi connectivity index (χ3v) is 4.57. The molecule has 3 atom stereocenters. The summed E-state index contributed by atoms with van der Waals surface area (Å²) in [6.45, 7) is 6.16. The summed E-state index contributed by atoms with van der Waals surface area (Å²) in [5.74, 6) is -0.325. The Morgan fingerprint density at radius 3 is 3.00 bits per heavy atom. The largest absolute Gasteiger partial charge is 0.457 e. The van der Waals surface area contributed by atoms with E-state index in [0.717, 1.165) is 12.0 Å². The van der Waals surface area contributed by atoms with Gasteiger partial charge in [0, 0.05) is 25.0 Å². The number of thiophene rings is 1. The zero-order valence-corrected chi connectivity index (χ0v) is 14.7. The van der Waals surface area contributed by atoms with Gasteiger partial charge < -0.3 is 19.3 Å². The van der Waals surface area contributed by atoms with E-state index in [1.54, 1.807) is 11.3 Å². The van der Waals surface area contributed by atoms with Crippen molar-refractivity contribution < 1.29 is 24.1 Å². The number of carbonyl (C=O) groups excluding carboxylic acids is 1. The van der Waals surface area contributed by atoms with Crippen molar-refractivity contribution in [2.45, 2.75) is 32.0 Å². The normalized spacial score (nSPS) is 23.2. The molecule has 6 heteroatoms. The highest BCUT2D eigenvalue weighted by molar-refractivity contribution is 7.08. The van der Waals surface area contributed by atoms with Crippen LogP contribution >= 0.6 is 11.3 Å². The molecule has 0 fully saturated rings. The van der Waals surface area contributed by atoms with Crippen LogP contribution in [-0.4, -0.2) is 37.2 Å². The van der Waals surface area contributed by atoms with Crippen molar-refractivity contribution in [2.75, 3.05) is 19.8 Å². The number of hydrogen-bond donors (Lipinski definition) is 1. The Kier molecular flexibility index (Phi) is 7.49. The van der Waals surface area contributed by atoms with Crippen LogP contribution in [0.4, 0.5) is 0 Å². The minimum Gasteiger partial charge on any atom is -0.457 e. The van der Waals surface area contributed by atoms with Crippen molar-refractivity contribution in [2.24, 2.45) is 5.92 Å². The van der Waals surface area contributed by atoms with E-state index in [4.69, 9.17) is 14.2 Å². The quantitative estimate of drug-likeness (QED) is 0.546. The van der Waals surface area contributed by atoms with Crippen LogP contribution in [0.25, 0.3) is 0 Å². The SMILES string of the molecule is C=CCOC(=O)C1=C[C@@H](c2ccsc2)[C@@H](CCCO)[C@@H](OCC)O1. The van der Waals surface area contributed by atoms with Gasteiger partial charge in [0.2, 0.25) is 12.0 Å². The molecule has 2 heterocycles. The highest BCUT2D eigenvalue weighted by Crippen LogP contribution is 2.40. The molecule has 0 bridgehead atoms. The molecule has 132 valence electrons. The third-order valence-electron chi connectivity index (χ3n) is 3.87. The number of hydrogen-bond acceptors (Lipinski definition) is 6. The number of aliphatic hydroxyl groups is 1. The fourth-order valence-electron chi connectivity index (χ4n) is 2.80. The fourth-order valence-corrected chi connectivity index (χ4v) is 3.51. The van der Waals surface area contributed by atoms with E-state index in [-0.39, 0.29) is 30.8 Å². The average Bonchev–Trinajstić information content (AvgIpc) is 3.12. The van der Waals surface area contributed by atoms with Crippen LogP contribution in [0.5, 0.6) is 0 Å². The highest BCUT2D eigenvalue weighted by Gasteiger charge is 2.38. The molecule has 1 aromatic rings. The summed E-state index contributed by atoms with van der Waals surface area (Å²) < 4.78 is 16.6. The van der Waals surface area contributed by atoms with Crippen molar-refractivity contribution in [3.8, 4) is 0 Å². The maximum absolute atomic E-state index is 12.2. The summed E-state index contributed by atoms with van der Waals surface area (Å²) in [4.78, 5) is 12.2. The molecule has 0 saturated heterocycles. The smallest absolute Gasteiger partial charge is 0.373 e. The molecular weight excluding hydrogens is 328 g/mol. The van der Waals surface area contributed by atoms with E-state index >= 15 is 0 Å². The number of aliphatic hydroxyl groups excluding tert-OH is 1. The Labute approximate surface area is 146 Å². The predicted octanol–water partition coefficient (Wildman–Crippen LogP) is 3.23. The van der Waals surface area contributed by atoms with Crippen molar-refractivity contribution in [1.29, 1.82) is 0 Å². The number of rotatable bonds is 9. The average molecular weight is 352 g/mol. The minimum atomic E-state index is -0.539. The first-order chi connectivity index (χ1) is 11.7. The number of esters is 1. The lowest BCUT2D eigenvalue weighted by Gasteiger charge is -2.36. The molecule has 24 heavy (non-hydrogen) atoms. The van der Waals surface area contributed by atoms with Crippen molar-refractivity contribution in [3.63, 3.8) is 0 Å². The molecule has 5 nitrogen and oxygen atoms in total. The van der Waals surface area contributed by atoms with Gasteiger partial charge in [0.25, 0.3) is 0 Å². The molecule has 1 aliphatic heterocycles. The molecule has 0 amide bonds. The first-order valence-corrected chi connectivity index (χ1v) is 9.06. The Morgan fingerprint density at radius 2 is 2.38 bits per heavy atom. The zero-order chi connectivity index (χ0) is 17.4. The van der Waals surface area contributed by atoms with Crippen molar-refractivity contribution >= 4 is 17.3 Å². The lowest BCUT2D eigenvalue weighted by atomic mass is 9.82. The Hall–Kier alpha value is -1.63. The second-order valence-corrected chi connectivity index (χ2v) is 6.25. The topological polar surface area (TPSA) is 65.0 Å².